The summed E-state index contributed by atoms with van der Waals surface area (Å²) in [7, 11) is 1.55. The Morgan fingerprint density at radius 2 is 1.73 bits per heavy atom. The zero-order chi connectivity index (χ0) is 26.9. The molecule has 202 valence electrons. The predicted molar refractivity (Wildman–Crippen MR) is 140 cm³/mol. The fourth-order valence-electron chi connectivity index (χ4n) is 5.08. The van der Waals surface area contributed by atoms with Gasteiger partial charge in [0.25, 0.3) is 6.43 Å². The van der Waals surface area contributed by atoms with Gasteiger partial charge in [-0.1, -0.05) is 44.5 Å². The van der Waals surface area contributed by atoms with Crippen LogP contribution in [0.2, 0.25) is 5.02 Å². The number of halogens is 3. The molecule has 0 saturated carbocycles. The van der Waals surface area contributed by atoms with Crippen LogP contribution in [0.1, 0.15) is 44.4 Å². The number of methoxy groups -OCH3 is 1. The van der Waals surface area contributed by atoms with Crippen molar-refractivity contribution in [1.29, 1.82) is 0 Å². The number of hydrogen-bond donors (Lipinski definition) is 1. The van der Waals surface area contributed by atoms with E-state index in [0.717, 1.165) is 18.0 Å². The van der Waals surface area contributed by atoms with Gasteiger partial charge in [0.15, 0.2) is 0 Å². The van der Waals surface area contributed by atoms with Gasteiger partial charge in [0.2, 0.25) is 0 Å². The van der Waals surface area contributed by atoms with Crippen molar-refractivity contribution in [1.82, 2.24) is 4.90 Å². The summed E-state index contributed by atoms with van der Waals surface area (Å²) < 4.78 is 38.7. The van der Waals surface area contributed by atoms with Gasteiger partial charge in [-0.05, 0) is 35.2 Å². The lowest BCUT2D eigenvalue weighted by Crippen LogP contribution is -2.56. The van der Waals surface area contributed by atoms with E-state index < -0.39 is 24.0 Å². The number of carboxylic acid groups (broad SMARTS) is 1. The minimum atomic E-state index is -2.78. The van der Waals surface area contributed by atoms with Crippen LogP contribution < -0.4 is 14.5 Å². The van der Waals surface area contributed by atoms with Crippen LogP contribution in [0.5, 0.6) is 5.75 Å². The summed E-state index contributed by atoms with van der Waals surface area (Å²) in [5.74, 6) is 0.630. The molecule has 0 spiro atoms. The minimum Gasteiger partial charge on any atom is -0.497 e. The van der Waals surface area contributed by atoms with Crippen molar-refractivity contribution in [2.24, 2.45) is 5.41 Å². The zero-order valence-corrected chi connectivity index (χ0v) is 22.3. The van der Waals surface area contributed by atoms with E-state index in [4.69, 9.17) is 21.1 Å². The number of benzene rings is 2. The molecule has 1 unspecified atom stereocenters. The first kappa shape index (κ1) is 27.4. The van der Waals surface area contributed by atoms with E-state index in [0.29, 0.717) is 49.3 Å². The van der Waals surface area contributed by atoms with Crippen LogP contribution in [0.4, 0.5) is 25.0 Å². The van der Waals surface area contributed by atoms with Crippen LogP contribution in [0.25, 0.3) is 0 Å². The SMILES string of the molecule is COc1ccc(C(N(C(=O)O)c2cc(C(F)F)cc(N3CCN(C4COC4)CC3)c2Cl)C(C)(C)C)cc1. The molecular formula is C27H34ClF2N3O4. The second kappa shape index (κ2) is 11.0. The average Bonchev–Trinajstić information content (AvgIpc) is 2.81. The topological polar surface area (TPSA) is 65.5 Å². The third-order valence-corrected chi connectivity index (χ3v) is 7.46. The summed E-state index contributed by atoms with van der Waals surface area (Å²) in [6, 6.07) is 9.36. The highest BCUT2D eigenvalue weighted by Crippen LogP contribution is 2.47. The maximum Gasteiger partial charge on any atom is 0.412 e. The maximum atomic E-state index is 14.1. The summed E-state index contributed by atoms with van der Waals surface area (Å²) in [5.41, 5.74) is 0.318. The Kier molecular flexibility index (Phi) is 8.16. The summed E-state index contributed by atoms with van der Waals surface area (Å²) >= 11 is 6.88. The standard InChI is InChI=1S/C27H34ClF2N3O4/c1-27(2,3)24(17-5-7-20(36-4)8-6-17)33(26(34)35)22-14-18(25(29)30)13-21(23(22)28)32-11-9-31(10-12-32)19-15-37-16-19/h5-8,13-14,19,24-25H,9-12,15-16H2,1-4H3,(H,34,35). The molecule has 2 heterocycles. The lowest BCUT2D eigenvalue weighted by atomic mass is 9.81. The average molecular weight is 538 g/mol. The van der Waals surface area contributed by atoms with Crippen LogP contribution in [-0.2, 0) is 4.74 Å². The normalized spacial score (nSPS) is 18.0. The fraction of sp³-hybridized carbons (Fsp3) is 0.519. The number of rotatable bonds is 7. The molecule has 2 aliphatic heterocycles. The first-order valence-electron chi connectivity index (χ1n) is 12.4. The summed E-state index contributed by atoms with van der Waals surface area (Å²) in [5, 5.41) is 10.6. The Morgan fingerprint density at radius 1 is 1.11 bits per heavy atom. The highest BCUT2D eigenvalue weighted by Gasteiger charge is 2.38. The van der Waals surface area contributed by atoms with Gasteiger partial charge < -0.3 is 19.5 Å². The van der Waals surface area contributed by atoms with Gasteiger partial charge in [-0.25, -0.2) is 13.6 Å². The van der Waals surface area contributed by atoms with E-state index in [1.54, 1.807) is 31.4 Å². The molecule has 0 aromatic heterocycles. The quantitative estimate of drug-likeness (QED) is 0.462. The Morgan fingerprint density at radius 3 is 2.19 bits per heavy atom. The minimum absolute atomic E-state index is 0.0486. The third-order valence-electron chi connectivity index (χ3n) is 7.08. The number of carbonyl (C=O) groups is 1. The Labute approximate surface area is 221 Å². The van der Waals surface area contributed by atoms with Crippen molar-refractivity contribution in [2.45, 2.75) is 39.3 Å². The maximum absolute atomic E-state index is 14.1. The molecule has 0 radical (unpaired) electrons. The highest BCUT2D eigenvalue weighted by atomic mass is 35.5. The number of anilines is 2. The monoisotopic (exact) mass is 537 g/mol. The van der Waals surface area contributed by atoms with E-state index in [1.807, 2.05) is 25.7 Å². The van der Waals surface area contributed by atoms with Crippen molar-refractivity contribution in [3.05, 3.63) is 52.5 Å². The van der Waals surface area contributed by atoms with Gasteiger partial charge in [0.05, 0.1) is 48.8 Å². The Bertz CT molecular complexity index is 1100. The van der Waals surface area contributed by atoms with E-state index in [9.17, 15) is 18.7 Å². The molecule has 2 aromatic carbocycles. The van der Waals surface area contributed by atoms with Crippen LogP contribution in [-0.4, -0.2) is 68.6 Å². The van der Waals surface area contributed by atoms with Crippen LogP contribution in [0, 0.1) is 5.41 Å². The van der Waals surface area contributed by atoms with Crippen molar-refractivity contribution >= 4 is 29.1 Å². The molecular weight excluding hydrogens is 504 g/mol. The van der Waals surface area contributed by atoms with Crippen LogP contribution in [0.15, 0.2) is 36.4 Å². The lowest BCUT2D eigenvalue weighted by Gasteiger charge is -2.44. The van der Waals surface area contributed by atoms with Gasteiger partial charge in [-0.2, -0.15) is 0 Å². The molecule has 2 aromatic rings. The number of amides is 1. The zero-order valence-electron chi connectivity index (χ0n) is 21.6. The van der Waals surface area contributed by atoms with Gasteiger partial charge in [-0.15, -0.1) is 0 Å². The van der Waals surface area contributed by atoms with E-state index in [-0.39, 0.29) is 16.3 Å². The fourth-order valence-corrected chi connectivity index (χ4v) is 5.40. The molecule has 7 nitrogen and oxygen atoms in total. The Balaban J connectivity index is 1.77. The van der Waals surface area contributed by atoms with E-state index >= 15 is 0 Å². The smallest absolute Gasteiger partial charge is 0.412 e. The molecule has 2 saturated heterocycles. The number of hydrogen-bond acceptors (Lipinski definition) is 5. The lowest BCUT2D eigenvalue weighted by molar-refractivity contribution is -0.0660. The first-order valence-corrected chi connectivity index (χ1v) is 12.7. The Hall–Kier alpha value is -2.62. The molecule has 1 atom stereocenters. The third kappa shape index (κ3) is 5.78. The molecule has 2 fully saturated rings. The van der Waals surface area contributed by atoms with Crippen molar-refractivity contribution in [2.75, 3.05) is 56.3 Å². The van der Waals surface area contributed by atoms with Gasteiger partial charge in [0.1, 0.15) is 5.75 Å². The number of nitrogens with zero attached hydrogens (tertiary/aromatic N) is 3. The summed E-state index contributed by atoms with van der Waals surface area (Å²) in [6.07, 6.45) is -4.06. The summed E-state index contributed by atoms with van der Waals surface area (Å²) in [6.45, 7) is 9.83. The van der Waals surface area contributed by atoms with Crippen LogP contribution >= 0.6 is 11.6 Å². The molecule has 37 heavy (non-hydrogen) atoms. The largest absolute Gasteiger partial charge is 0.497 e. The summed E-state index contributed by atoms with van der Waals surface area (Å²) in [4.78, 5) is 18.2. The molecule has 0 bridgehead atoms. The van der Waals surface area contributed by atoms with Crippen molar-refractivity contribution in [3.8, 4) is 5.75 Å². The number of ether oxygens (including phenoxy) is 2. The molecule has 4 rings (SSSR count). The number of alkyl halides is 2. The van der Waals surface area contributed by atoms with Crippen molar-refractivity contribution in [3.63, 3.8) is 0 Å². The van der Waals surface area contributed by atoms with Crippen molar-refractivity contribution < 1.29 is 28.2 Å². The first-order chi connectivity index (χ1) is 17.5. The second-order valence-electron chi connectivity index (χ2n) is 10.6. The molecule has 1 N–H and O–H groups in total. The van der Waals surface area contributed by atoms with E-state index in [2.05, 4.69) is 4.90 Å². The van der Waals surface area contributed by atoms with Crippen LogP contribution in [0.3, 0.4) is 0 Å². The molecule has 10 heteroatoms. The molecule has 1 amide bonds. The molecule has 0 aliphatic carbocycles. The van der Waals surface area contributed by atoms with Gasteiger partial charge in [0, 0.05) is 31.7 Å². The predicted octanol–water partition coefficient (Wildman–Crippen LogP) is 6.08. The second-order valence-corrected chi connectivity index (χ2v) is 11.0. The van der Waals surface area contributed by atoms with Gasteiger partial charge >= 0.3 is 6.09 Å². The van der Waals surface area contributed by atoms with E-state index in [1.165, 1.54) is 12.1 Å². The van der Waals surface area contributed by atoms with Gasteiger partial charge in [-0.3, -0.25) is 9.80 Å². The highest BCUT2D eigenvalue weighted by molar-refractivity contribution is 6.36. The number of piperazine rings is 1. The molecule has 2 aliphatic rings.